The van der Waals surface area contributed by atoms with Crippen LogP contribution in [-0.4, -0.2) is 41.6 Å². The lowest BCUT2D eigenvalue weighted by Gasteiger charge is -2.24. The summed E-state index contributed by atoms with van der Waals surface area (Å²) in [6.45, 7) is 6.70. The van der Waals surface area contributed by atoms with E-state index >= 15 is 0 Å². The van der Waals surface area contributed by atoms with Gasteiger partial charge in [-0.2, -0.15) is 5.10 Å². The first-order valence-electron chi connectivity index (χ1n) is 9.00. The molecule has 0 saturated carbocycles. The minimum Gasteiger partial charge on any atom is -0.385 e. The Morgan fingerprint density at radius 1 is 1.22 bits per heavy atom. The van der Waals surface area contributed by atoms with Crippen molar-refractivity contribution in [3.63, 3.8) is 0 Å². The summed E-state index contributed by atoms with van der Waals surface area (Å²) in [7, 11) is 3.67. The lowest BCUT2D eigenvalue weighted by Crippen LogP contribution is -2.25. The fraction of sp³-hybridized carbons (Fsp3) is 0.400. The summed E-state index contributed by atoms with van der Waals surface area (Å²) in [5.41, 5.74) is 5.53. The average molecular weight is 407 g/mol. The minimum absolute atomic E-state index is 0.569. The van der Waals surface area contributed by atoms with Gasteiger partial charge in [0.2, 0.25) is 0 Å². The summed E-state index contributed by atoms with van der Waals surface area (Å²) in [5, 5.41) is 5.91. The van der Waals surface area contributed by atoms with Crippen LogP contribution in [0.1, 0.15) is 19.0 Å². The number of fused-ring (bicyclic) bond motifs is 1. The number of pyridine rings is 1. The second-order valence-electron chi connectivity index (χ2n) is 6.50. The molecule has 7 heteroatoms. The smallest absolute Gasteiger partial charge is 0.120 e. The van der Waals surface area contributed by atoms with Crippen molar-refractivity contribution in [2.45, 2.75) is 20.3 Å². The summed E-state index contributed by atoms with van der Waals surface area (Å²) in [4.78, 5) is 7.12. The van der Waals surface area contributed by atoms with E-state index in [-0.39, 0.29) is 0 Å². The molecule has 144 valence electrons. The topological polar surface area (TPSA) is 43.2 Å². The van der Waals surface area contributed by atoms with Crippen LogP contribution in [0.4, 0.5) is 5.69 Å². The summed E-state index contributed by atoms with van der Waals surface area (Å²) < 4.78 is 7.10. The highest BCUT2D eigenvalue weighted by Gasteiger charge is 2.20. The summed E-state index contributed by atoms with van der Waals surface area (Å²) >= 11 is 12.5. The molecular formula is C20H24Cl2N4O. The van der Waals surface area contributed by atoms with Gasteiger partial charge in [0.15, 0.2) is 0 Å². The van der Waals surface area contributed by atoms with Crippen LogP contribution in [0.2, 0.25) is 10.0 Å². The van der Waals surface area contributed by atoms with E-state index in [0.717, 1.165) is 59.8 Å². The van der Waals surface area contributed by atoms with Gasteiger partial charge in [0, 0.05) is 50.1 Å². The third-order valence-electron chi connectivity index (χ3n) is 4.58. The van der Waals surface area contributed by atoms with Crippen LogP contribution in [0.5, 0.6) is 0 Å². The van der Waals surface area contributed by atoms with Gasteiger partial charge in [-0.05, 0) is 44.5 Å². The van der Waals surface area contributed by atoms with E-state index in [0.29, 0.717) is 10.0 Å². The van der Waals surface area contributed by atoms with Gasteiger partial charge in [-0.1, -0.05) is 23.2 Å². The highest BCUT2D eigenvalue weighted by Crippen LogP contribution is 2.36. The van der Waals surface area contributed by atoms with Crippen molar-refractivity contribution in [1.82, 2.24) is 14.8 Å². The molecule has 1 aromatic carbocycles. The van der Waals surface area contributed by atoms with Crippen molar-refractivity contribution in [2.24, 2.45) is 7.05 Å². The Balaban J connectivity index is 2.16. The molecule has 2 aromatic heterocycles. The summed E-state index contributed by atoms with van der Waals surface area (Å²) in [6.07, 6.45) is 0.959. The third-order valence-corrected chi connectivity index (χ3v) is 5.13. The number of aromatic nitrogens is 3. The Hall–Kier alpha value is -1.82. The van der Waals surface area contributed by atoms with E-state index in [1.165, 1.54) is 0 Å². The lowest BCUT2D eigenvalue weighted by molar-refractivity contribution is 0.196. The summed E-state index contributed by atoms with van der Waals surface area (Å²) in [5.74, 6) is 0. The Labute approximate surface area is 169 Å². The van der Waals surface area contributed by atoms with Gasteiger partial charge in [-0.3, -0.25) is 4.68 Å². The van der Waals surface area contributed by atoms with E-state index in [4.69, 9.17) is 38.0 Å². The second-order valence-corrected chi connectivity index (χ2v) is 7.35. The fourth-order valence-electron chi connectivity index (χ4n) is 3.33. The van der Waals surface area contributed by atoms with Crippen molar-refractivity contribution >= 4 is 39.9 Å². The zero-order valence-electron chi connectivity index (χ0n) is 16.1. The first-order valence-corrected chi connectivity index (χ1v) is 9.75. The first kappa shape index (κ1) is 19.9. The largest absolute Gasteiger partial charge is 0.385 e. The predicted octanol–water partition coefficient (Wildman–Crippen LogP) is 5.11. The van der Waals surface area contributed by atoms with E-state index in [2.05, 4.69) is 17.9 Å². The van der Waals surface area contributed by atoms with Crippen LogP contribution in [0.15, 0.2) is 24.3 Å². The number of aryl methyl sites for hydroxylation is 2. The van der Waals surface area contributed by atoms with Crippen LogP contribution in [0.25, 0.3) is 22.3 Å². The molecule has 0 unspecified atom stereocenters. The maximum atomic E-state index is 6.44. The van der Waals surface area contributed by atoms with Crippen LogP contribution in [0, 0.1) is 6.92 Å². The number of rotatable bonds is 7. The molecule has 0 atom stereocenters. The molecule has 0 fully saturated rings. The molecular weight excluding hydrogens is 383 g/mol. The molecule has 3 rings (SSSR count). The van der Waals surface area contributed by atoms with E-state index < -0.39 is 0 Å². The zero-order valence-corrected chi connectivity index (χ0v) is 17.6. The number of nitrogens with zero attached hydrogens (tertiary/aromatic N) is 4. The monoisotopic (exact) mass is 406 g/mol. The highest BCUT2D eigenvalue weighted by molar-refractivity contribution is 6.36. The maximum Gasteiger partial charge on any atom is 0.120 e. The van der Waals surface area contributed by atoms with Crippen molar-refractivity contribution in [3.05, 3.63) is 40.0 Å². The Kier molecular flexibility index (Phi) is 6.25. The molecule has 0 saturated heterocycles. The number of anilines is 1. The van der Waals surface area contributed by atoms with E-state index in [1.807, 2.05) is 30.8 Å². The standard InChI is InChI=1S/C20H24Cl2N4O/c1-5-26(9-6-10-27-4)17-11-13(2)23-19-18(24-25(3)20(17)19)15-8-7-14(21)12-16(15)22/h7-8,11-12H,5-6,9-10H2,1-4H3. The number of halogens is 2. The van der Waals surface area contributed by atoms with Crippen LogP contribution in [0.3, 0.4) is 0 Å². The molecule has 3 aromatic rings. The molecule has 2 heterocycles. The van der Waals surface area contributed by atoms with Crippen molar-refractivity contribution in [1.29, 1.82) is 0 Å². The number of benzene rings is 1. The number of methoxy groups -OCH3 is 1. The Bertz CT molecular complexity index is 955. The van der Waals surface area contributed by atoms with Crippen molar-refractivity contribution in [2.75, 3.05) is 31.7 Å². The molecule has 27 heavy (non-hydrogen) atoms. The molecule has 0 aliphatic rings. The maximum absolute atomic E-state index is 6.44. The molecule has 0 spiro atoms. The number of hydrogen-bond donors (Lipinski definition) is 0. The second kappa shape index (κ2) is 8.46. The van der Waals surface area contributed by atoms with Gasteiger partial charge in [0.1, 0.15) is 16.7 Å². The van der Waals surface area contributed by atoms with Gasteiger partial charge >= 0.3 is 0 Å². The number of ether oxygens (including phenoxy) is 1. The Morgan fingerprint density at radius 3 is 2.67 bits per heavy atom. The highest BCUT2D eigenvalue weighted by atomic mass is 35.5. The third kappa shape index (κ3) is 4.05. The van der Waals surface area contributed by atoms with Crippen LogP contribution < -0.4 is 4.90 Å². The molecule has 0 aliphatic carbocycles. The number of hydrogen-bond acceptors (Lipinski definition) is 4. The molecule has 0 aliphatic heterocycles. The molecule has 0 amide bonds. The first-order chi connectivity index (χ1) is 13.0. The molecule has 0 N–H and O–H groups in total. The van der Waals surface area contributed by atoms with E-state index in [1.54, 1.807) is 13.2 Å². The van der Waals surface area contributed by atoms with Gasteiger partial charge in [-0.15, -0.1) is 0 Å². The molecule has 0 bridgehead atoms. The SMILES string of the molecule is CCN(CCCOC)c1cc(C)nc2c(-c3ccc(Cl)cc3Cl)nn(C)c12. The molecule has 0 radical (unpaired) electrons. The quantitative estimate of drug-likeness (QED) is 0.511. The molecule has 5 nitrogen and oxygen atoms in total. The van der Waals surface area contributed by atoms with E-state index in [9.17, 15) is 0 Å². The van der Waals surface area contributed by atoms with Crippen LogP contribution in [-0.2, 0) is 11.8 Å². The lowest BCUT2D eigenvalue weighted by atomic mass is 10.1. The van der Waals surface area contributed by atoms with Gasteiger partial charge in [-0.25, -0.2) is 4.98 Å². The average Bonchev–Trinajstić information content (AvgIpc) is 2.94. The van der Waals surface area contributed by atoms with Crippen LogP contribution >= 0.6 is 23.2 Å². The minimum atomic E-state index is 0.569. The van der Waals surface area contributed by atoms with Gasteiger partial charge in [0.25, 0.3) is 0 Å². The zero-order chi connectivity index (χ0) is 19.6. The fourth-order valence-corrected chi connectivity index (χ4v) is 3.83. The van der Waals surface area contributed by atoms with Crippen molar-refractivity contribution < 1.29 is 4.74 Å². The normalized spacial score (nSPS) is 11.3. The van der Waals surface area contributed by atoms with Gasteiger partial charge in [0.05, 0.1) is 10.7 Å². The van der Waals surface area contributed by atoms with Gasteiger partial charge < -0.3 is 9.64 Å². The Morgan fingerprint density at radius 2 is 2.00 bits per heavy atom. The summed E-state index contributed by atoms with van der Waals surface area (Å²) in [6, 6.07) is 7.57. The predicted molar refractivity (Wildman–Crippen MR) is 113 cm³/mol. The van der Waals surface area contributed by atoms with Crippen molar-refractivity contribution in [3.8, 4) is 11.3 Å².